The van der Waals surface area contributed by atoms with Gasteiger partial charge in [0.15, 0.2) is 0 Å². The Hall–Kier alpha value is -1.22. The largest absolute Gasteiger partial charge is 0.379 e. The van der Waals surface area contributed by atoms with E-state index in [1.165, 1.54) is 76.1 Å². The molecule has 3 nitrogen and oxygen atoms in total. The maximum atomic E-state index is 3.89. The zero-order valence-corrected chi connectivity index (χ0v) is 12.9. The molecule has 114 valence electrons. The van der Waals surface area contributed by atoms with E-state index in [1.807, 2.05) is 0 Å². The number of nitrogens with zero attached hydrogens (tertiary/aromatic N) is 2. The molecule has 0 aliphatic carbocycles. The molecule has 0 radical (unpaired) electrons. The highest BCUT2D eigenvalue weighted by Crippen LogP contribution is 2.34. The lowest BCUT2D eigenvalue weighted by molar-refractivity contribution is 0.318. The van der Waals surface area contributed by atoms with Crippen molar-refractivity contribution in [2.75, 3.05) is 36.4 Å². The van der Waals surface area contributed by atoms with Crippen LogP contribution in [0.3, 0.4) is 0 Å². The van der Waals surface area contributed by atoms with Crippen molar-refractivity contribution in [2.24, 2.45) is 0 Å². The van der Waals surface area contributed by atoms with E-state index in [4.69, 9.17) is 0 Å². The predicted molar refractivity (Wildman–Crippen MR) is 89.1 cm³/mol. The van der Waals surface area contributed by atoms with Gasteiger partial charge >= 0.3 is 0 Å². The van der Waals surface area contributed by atoms with E-state index in [2.05, 4.69) is 39.4 Å². The minimum absolute atomic E-state index is 0.651. The van der Waals surface area contributed by atoms with Gasteiger partial charge in [0.25, 0.3) is 0 Å². The van der Waals surface area contributed by atoms with Gasteiger partial charge in [-0.3, -0.25) is 4.90 Å². The summed E-state index contributed by atoms with van der Waals surface area (Å²) in [6.45, 7) is 5.04. The van der Waals surface area contributed by atoms with Crippen molar-refractivity contribution in [1.29, 1.82) is 0 Å². The van der Waals surface area contributed by atoms with Crippen molar-refractivity contribution in [3.8, 4) is 0 Å². The van der Waals surface area contributed by atoms with Gasteiger partial charge in [-0.15, -0.1) is 0 Å². The van der Waals surface area contributed by atoms with Crippen molar-refractivity contribution < 1.29 is 0 Å². The van der Waals surface area contributed by atoms with E-state index in [0.29, 0.717) is 6.04 Å². The smallest absolute Gasteiger partial charge is 0.0602 e. The second-order valence-electron chi connectivity index (χ2n) is 6.85. The molecule has 0 bridgehead atoms. The van der Waals surface area contributed by atoms with Crippen LogP contribution in [0.2, 0.25) is 0 Å². The number of hydrogen-bond acceptors (Lipinski definition) is 3. The average Bonchev–Trinajstić information content (AvgIpc) is 3.14. The number of fused-ring (bicyclic) bond motifs is 1. The molecule has 2 atom stereocenters. The minimum atomic E-state index is 0.651. The van der Waals surface area contributed by atoms with Crippen LogP contribution < -0.4 is 10.2 Å². The Bertz CT molecular complexity index is 481. The van der Waals surface area contributed by atoms with Gasteiger partial charge in [0, 0.05) is 31.7 Å². The van der Waals surface area contributed by atoms with E-state index in [1.54, 1.807) is 0 Å². The first-order valence-corrected chi connectivity index (χ1v) is 8.76. The van der Waals surface area contributed by atoms with Crippen LogP contribution in [0.4, 0.5) is 11.4 Å². The molecule has 0 aromatic heterocycles. The number of hydrogen-bond donors (Lipinski definition) is 1. The summed E-state index contributed by atoms with van der Waals surface area (Å²) in [4.78, 5) is 5.26. The molecule has 1 aromatic carbocycles. The van der Waals surface area contributed by atoms with Crippen LogP contribution in [0, 0.1) is 0 Å². The second kappa shape index (κ2) is 5.88. The molecule has 1 N–H and O–H groups in total. The van der Waals surface area contributed by atoms with Crippen LogP contribution in [0.5, 0.6) is 0 Å². The fourth-order valence-electron chi connectivity index (χ4n) is 4.46. The van der Waals surface area contributed by atoms with E-state index in [9.17, 15) is 0 Å². The summed E-state index contributed by atoms with van der Waals surface area (Å²) >= 11 is 0. The Labute approximate surface area is 128 Å². The Morgan fingerprint density at radius 2 is 1.71 bits per heavy atom. The number of nitrogens with one attached hydrogen (secondary N) is 1. The van der Waals surface area contributed by atoms with Gasteiger partial charge in [0.1, 0.15) is 0 Å². The quantitative estimate of drug-likeness (QED) is 0.919. The molecule has 0 amide bonds. The number of benzene rings is 1. The zero-order valence-electron chi connectivity index (χ0n) is 12.9. The first-order chi connectivity index (χ1) is 10.4. The van der Waals surface area contributed by atoms with Gasteiger partial charge in [-0.25, -0.2) is 0 Å². The topological polar surface area (TPSA) is 18.5 Å². The number of piperidine rings is 1. The van der Waals surface area contributed by atoms with E-state index >= 15 is 0 Å². The van der Waals surface area contributed by atoms with Gasteiger partial charge in [-0.1, -0.05) is 12.1 Å². The molecule has 3 aliphatic rings. The van der Waals surface area contributed by atoms with Gasteiger partial charge in [-0.2, -0.15) is 0 Å². The maximum absolute atomic E-state index is 3.89. The highest BCUT2D eigenvalue weighted by Gasteiger charge is 2.37. The molecular formula is C18H27N3. The Morgan fingerprint density at radius 1 is 0.857 bits per heavy atom. The third kappa shape index (κ3) is 2.64. The summed E-state index contributed by atoms with van der Waals surface area (Å²) in [5, 5.41) is 3.89. The monoisotopic (exact) mass is 285 g/mol. The van der Waals surface area contributed by atoms with Crippen LogP contribution in [-0.2, 0) is 0 Å². The third-order valence-electron chi connectivity index (χ3n) is 5.55. The maximum Gasteiger partial charge on any atom is 0.0602 e. The van der Waals surface area contributed by atoms with E-state index in [-0.39, 0.29) is 0 Å². The van der Waals surface area contributed by atoms with Crippen LogP contribution in [0.25, 0.3) is 0 Å². The second-order valence-corrected chi connectivity index (χ2v) is 6.85. The van der Waals surface area contributed by atoms with Crippen LogP contribution in [0.15, 0.2) is 24.3 Å². The first kappa shape index (κ1) is 13.4. The molecule has 3 fully saturated rings. The third-order valence-corrected chi connectivity index (χ3v) is 5.55. The Morgan fingerprint density at radius 3 is 2.62 bits per heavy atom. The van der Waals surface area contributed by atoms with Crippen LogP contribution in [-0.4, -0.2) is 43.2 Å². The van der Waals surface area contributed by atoms with E-state index in [0.717, 1.165) is 6.04 Å². The molecule has 0 spiro atoms. The van der Waals surface area contributed by atoms with Gasteiger partial charge in [0.05, 0.1) is 11.4 Å². The number of rotatable bonds is 3. The zero-order chi connectivity index (χ0) is 14.1. The lowest BCUT2D eigenvalue weighted by Crippen LogP contribution is -2.35. The van der Waals surface area contributed by atoms with Crippen LogP contribution >= 0.6 is 0 Å². The summed E-state index contributed by atoms with van der Waals surface area (Å²) in [7, 11) is 0. The van der Waals surface area contributed by atoms with Gasteiger partial charge < -0.3 is 10.2 Å². The van der Waals surface area contributed by atoms with E-state index < -0.39 is 0 Å². The summed E-state index contributed by atoms with van der Waals surface area (Å²) < 4.78 is 0. The lowest BCUT2D eigenvalue weighted by atomic mass is 10.1. The fraction of sp³-hybridized carbons (Fsp3) is 0.667. The molecule has 21 heavy (non-hydrogen) atoms. The molecule has 3 saturated heterocycles. The van der Waals surface area contributed by atoms with Crippen molar-refractivity contribution in [3.63, 3.8) is 0 Å². The van der Waals surface area contributed by atoms with Gasteiger partial charge in [0.2, 0.25) is 0 Å². The minimum Gasteiger partial charge on any atom is -0.379 e. The van der Waals surface area contributed by atoms with Crippen LogP contribution in [0.1, 0.15) is 38.5 Å². The summed E-state index contributed by atoms with van der Waals surface area (Å²) in [6, 6.07) is 10.4. The average molecular weight is 285 g/mol. The summed E-state index contributed by atoms with van der Waals surface area (Å²) in [6.07, 6.45) is 8.15. The summed E-state index contributed by atoms with van der Waals surface area (Å²) in [5.74, 6) is 0. The van der Waals surface area contributed by atoms with Crippen molar-refractivity contribution in [1.82, 2.24) is 4.90 Å². The van der Waals surface area contributed by atoms with Crippen molar-refractivity contribution in [3.05, 3.63) is 24.3 Å². The number of anilines is 2. The lowest BCUT2D eigenvalue weighted by Gasteiger charge is -2.32. The standard InChI is InChI=1S/C18H27N3/c1-4-11-20(12-5-1)17-8-3-2-7-15(17)19-16-10-14-21-13-6-9-18(16)21/h2-3,7-8,16,18-19H,1,4-6,9-14H2. The SMILES string of the molecule is c1ccc(N2CCCCC2)c(NC2CCN3CCCC23)c1. The van der Waals surface area contributed by atoms with Crippen molar-refractivity contribution in [2.45, 2.75) is 50.6 Å². The Balaban J connectivity index is 1.52. The van der Waals surface area contributed by atoms with Crippen molar-refractivity contribution >= 4 is 11.4 Å². The fourth-order valence-corrected chi connectivity index (χ4v) is 4.46. The predicted octanol–water partition coefficient (Wildman–Crippen LogP) is 3.33. The normalized spacial score (nSPS) is 29.6. The number of para-hydroxylation sites is 2. The first-order valence-electron chi connectivity index (χ1n) is 8.76. The molecule has 2 unspecified atom stereocenters. The molecular weight excluding hydrogens is 258 g/mol. The molecule has 3 aliphatic heterocycles. The molecule has 3 heterocycles. The summed E-state index contributed by atoms with van der Waals surface area (Å²) in [5.41, 5.74) is 2.78. The Kier molecular flexibility index (Phi) is 3.76. The highest BCUT2D eigenvalue weighted by molar-refractivity contribution is 5.70. The molecule has 1 aromatic rings. The van der Waals surface area contributed by atoms with Gasteiger partial charge in [-0.05, 0) is 57.2 Å². The highest BCUT2D eigenvalue weighted by atomic mass is 15.2. The molecule has 4 rings (SSSR count). The molecule has 0 saturated carbocycles. The molecule has 3 heteroatoms.